The highest BCUT2D eigenvalue weighted by Crippen LogP contribution is 2.33. The first-order valence-electron chi connectivity index (χ1n) is 12.2. The molecule has 1 amide bonds. The summed E-state index contributed by atoms with van der Waals surface area (Å²) in [5.74, 6) is 5.44. The number of fused-ring (bicyclic) bond motifs is 1. The Labute approximate surface area is 205 Å². The molecule has 1 saturated heterocycles. The highest BCUT2D eigenvalue weighted by atomic mass is 16.8. The Morgan fingerprint density at radius 1 is 1.14 bits per heavy atom. The standard InChI is InChI=1S/C26H33N5O4/c1-3-11-31(12-4-2)25(32)21-13-20-10-9-19(14-22(20)28-24(15-21)29-30-27)17-5-7-18(8-6-17)23-16-34-26(33)35-23/h5-10,13,22-24,28H,3-4,11-12,14-16H2,1-2H3,(H2,27,29). The van der Waals surface area contributed by atoms with Crippen molar-refractivity contribution in [1.82, 2.24) is 10.2 Å². The molecule has 1 aromatic carbocycles. The van der Waals surface area contributed by atoms with E-state index in [1.165, 1.54) is 0 Å². The monoisotopic (exact) mass is 479 g/mol. The number of rotatable bonds is 8. The van der Waals surface area contributed by atoms with Crippen molar-refractivity contribution in [2.75, 3.05) is 19.7 Å². The highest BCUT2D eigenvalue weighted by molar-refractivity contribution is 5.94. The molecule has 3 N–H and O–H groups in total. The molecule has 3 unspecified atom stereocenters. The van der Waals surface area contributed by atoms with E-state index in [0.29, 0.717) is 6.42 Å². The maximum atomic E-state index is 13.3. The van der Waals surface area contributed by atoms with Gasteiger partial charge in [-0.1, -0.05) is 55.5 Å². The first-order chi connectivity index (χ1) is 17.0. The molecule has 1 aromatic rings. The van der Waals surface area contributed by atoms with Crippen molar-refractivity contribution in [1.29, 1.82) is 0 Å². The van der Waals surface area contributed by atoms with Gasteiger partial charge >= 0.3 is 6.16 Å². The molecule has 2 aliphatic heterocycles. The zero-order valence-corrected chi connectivity index (χ0v) is 20.3. The molecule has 0 aromatic heterocycles. The molecule has 1 aliphatic carbocycles. The van der Waals surface area contributed by atoms with Crippen LogP contribution in [-0.2, 0) is 14.3 Å². The average molecular weight is 480 g/mol. The Balaban J connectivity index is 1.58. The molecule has 0 bridgehead atoms. The predicted molar refractivity (Wildman–Crippen MR) is 132 cm³/mol. The molecule has 1 fully saturated rings. The summed E-state index contributed by atoms with van der Waals surface area (Å²) in [6.07, 6.45) is 7.79. The van der Waals surface area contributed by atoms with Gasteiger partial charge in [0, 0.05) is 31.1 Å². The smallest absolute Gasteiger partial charge is 0.430 e. The number of carbonyl (C=O) groups excluding carboxylic acids is 2. The van der Waals surface area contributed by atoms with E-state index in [-0.39, 0.29) is 30.8 Å². The van der Waals surface area contributed by atoms with Crippen molar-refractivity contribution < 1.29 is 19.1 Å². The van der Waals surface area contributed by atoms with Crippen molar-refractivity contribution in [3.8, 4) is 0 Å². The van der Waals surface area contributed by atoms with Crippen LogP contribution >= 0.6 is 0 Å². The Morgan fingerprint density at radius 2 is 1.89 bits per heavy atom. The SMILES string of the molecule is CCCN(CCC)C(=O)C1=CC2=CC=C(c3ccc(C4COC(=O)O4)cc3)CC2NC(N=NN)C1. The molecule has 35 heavy (non-hydrogen) atoms. The lowest BCUT2D eigenvalue weighted by atomic mass is 9.88. The summed E-state index contributed by atoms with van der Waals surface area (Å²) in [5.41, 5.74) is 4.90. The summed E-state index contributed by atoms with van der Waals surface area (Å²) in [6, 6.07) is 7.95. The second-order valence-corrected chi connectivity index (χ2v) is 8.98. The molecule has 9 nitrogen and oxygen atoms in total. The van der Waals surface area contributed by atoms with E-state index in [1.807, 2.05) is 35.2 Å². The number of benzene rings is 1. The van der Waals surface area contributed by atoms with Crippen LogP contribution in [0.15, 0.2) is 64.0 Å². The van der Waals surface area contributed by atoms with E-state index in [2.05, 4.69) is 41.7 Å². The van der Waals surface area contributed by atoms with E-state index in [9.17, 15) is 9.59 Å². The number of nitrogens with two attached hydrogens (primary N) is 1. The zero-order chi connectivity index (χ0) is 24.8. The average Bonchev–Trinajstić information content (AvgIpc) is 3.21. The maximum absolute atomic E-state index is 13.3. The van der Waals surface area contributed by atoms with Crippen LogP contribution in [0, 0.1) is 0 Å². The third-order valence-electron chi connectivity index (χ3n) is 6.45. The minimum absolute atomic E-state index is 0.0227. The summed E-state index contributed by atoms with van der Waals surface area (Å²) in [6.45, 7) is 5.86. The molecule has 0 saturated carbocycles. The number of carbonyl (C=O) groups is 2. The van der Waals surface area contributed by atoms with Gasteiger partial charge in [-0.3, -0.25) is 10.1 Å². The summed E-state index contributed by atoms with van der Waals surface area (Å²) >= 11 is 0. The van der Waals surface area contributed by atoms with E-state index in [0.717, 1.165) is 60.2 Å². The number of cyclic esters (lactones) is 2. The van der Waals surface area contributed by atoms with Crippen molar-refractivity contribution in [3.63, 3.8) is 0 Å². The molecule has 186 valence electrons. The van der Waals surface area contributed by atoms with Gasteiger partial charge in [-0.05, 0) is 47.6 Å². The van der Waals surface area contributed by atoms with Crippen molar-refractivity contribution in [2.45, 2.75) is 57.8 Å². The van der Waals surface area contributed by atoms with Crippen molar-refractivity contribution >= 4 is 17.6 Å². The third-order valence-corrected chi connectivity index (χ3v) is 6.45. The van der Waals surface area contributed by atoms with Gasteiger partial charge < -0.3 is 20.2 Å². The van der Waals surface area contributed by atoms with E-state index in [4.69, 9.17) is 15.3 Å². The molecule has 3 aliphatic rings. The Hall–Kier alpha value is -3.46. The summed E-state index contributed by atoms with van der Waals surface area (Å²) in [7, 11) is 0. The third kappa shape index (κ3) is 5.79. The number of amides is 1. The molecule has 2 heterocycles. The first-order valence-corrected chi connectivity index (χ1v) is 12.2. The molecule has 0 spiro atoms. The molecule has 4 rings (SSSR count). The minimum Gasteiger partial charge on any atom is -0.430 e. The van der Waals surface area contributed by atoms with Crippen molar-refractivity contribution in [2.24, 2.45) is 16.2 Å². The van der Waals surface area contributed by atoms with Crippen molar-refractivity contribution in [3.05, 3.63) is 64.8 Å². The molecular weight excluding hydrogens is 446 g/mol. The Kier molecular flexibility index (Phi) is 7.97. The van der Waals surface area contributed by atoms with Gasteiger partial charge in [0.25, 0.3) is 0 Å². The van der Waals surface area contributed by atoms with Gasteiger partial charge in [0.2, 0.25) is 5.91 Å². The van der Waals surface area contributed by atoms with Gasteiger partial charge in [0.05, 0.1) is 0 Å². The van der Waals surface area contributed by atoms with E-state index in [1.54, 1.807) is 0 Å². The molecule has 0 radical (unpaired) electrons. The lowest BCUT2D eigenvalue weighted by Gasteiger charge is -2.25. The normalized spacial score (nSPS) is 24.0. The van der Waals surface area contributed by atoms with Gasteiger partial charge in [0.15, 0.2) is 6.10 Å². The lowest BCUT2D eigenvalue weighted by Crippen LogP contribution is -2.39. The maximum Gasteiger partial charge on any atom is 0.509 e. The van der Waals surface area contributed by atoms with Gasteiger partial charge in [-0.25, -0.2) is 4.79 Å². The van der Waals surface area contributed by atoms with E-state index < -0.39 is 6.16 Å². The van der Waals surface area contributed by atoms with Crippen LogP contribution in [0.2, 0.25) is 0 Å². The van der Waals surface area contributed by atoms with Crippen LogP contribution in [0.5, 0.6) is 0 Å². The van der Waals surface area contributed by atoms with E-state index >= 15 is 0 Å². The topological polar surface area (TPSA) is 119 Å². The van der Waals surface area contributed by atoms with Crippen LogP contribution in [0.4, 0.5) is 4.79 Å². The number of nitrogens with zero attached hydrogens (tertiary/aromatic N) is 3. The zero-order valence-electron chi connectivity index (χ0n) is 20.3. The fraction of sp³-hybridized carbons (Fsp3) is 0.462. The lowest BCUT2D eigenvalue weighted by molar-refractivity contribution is -0.127. The van der Waals surface area contributed by atoms with Crippen LogP contribution < -0.4 is 11.2 Å². The van der Waals surface area contributed by atoms with Gasteiger partial charge in [-0.2, -0.15) is 5.11 Å². The molecule has 3 atom stereocenters. The van der Waals surface area contributed by atoms with Crippen LogP contribution in [0.3, 0.4) is 0 Å². The number of hydrogen-bond acceptors (Lipinski definition) is 7. The first kappa shape index (κ1) is 24.7. The van der Waals surface area contributed by atoms with Gasteiger partial charge in [0.1, 0.15) is 12.8 Å². The summed E-state index contributed by atoms with van der Waals surface area (Å²) in [4.78, 5) is 26.5. The summed E-state index contributed by atoms with van der Waals surface area (Å²) in [5, 5.41) is 11.2. The van der Waals surface area contributed by atoms with Gasteiger partial charge in [-0.15, -0.1) is 0 Å². The Morgan fingerprint density at radius 3 is 2.51 bits per heavy atom. The quantitative estimate of drug-likeness (QED) is 0.250. The fourth-order valence-electron chi connectivity index (χ4n) is 4.76. The largest absolute Gasteiger partial charge is 0.509 e. The summed E-state index contributed by atoms with van der Waals surface area (Å²) < 4.78 is 10.1. The predicted octanol–water partition coefficient (Wildman–Crippen LogP) is 4.20. The number of nitrogens with one attached hydrogen (secondary N) is 1. The number of allylic oxidation sites excluding steroid dienone is 2. The molecule has 9 heteroatoms. The van der Waals surface area contributed by atoms with Crippen LogP contribution in [0.25, 0.3) is 5.57 Å². The number of hydrogen-bond donors (Lipinski definition) is 2. The minimum atomic E-state index is -0.631. The second-order valence-electron chi connectivity index (χ2n) is 8.98. The number of ether oxygens (including phenoxy) is 2. The van der Waals surface area contributed by atoms with Crippen LogP contribution in [0.1, 0.15) is 56.8 Å². The second kappa shape index (κ2) is 11.3. The highest BCUT2D eigenvalue weighted by Gasteiger charge is 2.30. The fourth-order valence-corrected chi connectivity index (χ4v) is 4.76. The Bertz CT molecular complexity index is 1050. The molecular formula is C26H33N5O4. The van der Waals surface area contributed by atoms with Crippen LogP contribution in [-0.4, -0.2) is 48.9 Å².